The lowest BCUT2D eigenvalue weighted by Gasteiger charge is -2.36. The van der Waals surface area contributed by atoms with E-state index in [0.29, 0.717) is 12.3 Å². The van der Waals surface area contributed by atoms with Crippen LogP contribution in [-0.4, -0.2) is 52.5 Å². The van der Waals surface area contributed by atoms with Crippen LogP contribution in [0.5, 0.6) is 0 Å². The Bertz CT molecular complexity index is 422. The van der Waals surface area contributed by atoms with E-state index in [9.17, 15) is 9.59 Å². The van der Waals surface area contributed by atoms with Crippen LogP contribution in [0.3, 0.4) is 0 Å². The number of nitrogens with two attached hydrogens (primary N) is 1. The molecule has 6 heteroatoms. The minimum absolute atomic E-state index is 0.0244. The largest absolute Gasteiger partial charge is 0.348 e. The molecule has 2 atom stereocenters. The molecule has 0 aromatic heterocycles. The van der Waals surface area contributed by atoms with Gasteiger partial charge in [-0.1, -0.05) is 32.0 Å². The van der Waals surface area contributed by atoms with Crippen molar-refractivity contribution in [2.24, 2.45) is 0 Å². The zero-order valence-corrected chi connectivity index (χ0v) is 15.6. The monoisotopic (exact) mass is 342 g/mol. The maximum Gasteiger partial charge on any atom is 0.279 e. The number of nitrogens with one attached hydrogen (secondary N) is 1. The van der Waals surface area contributed by atoms with Crippen LogP contribution in [0.2, 0.25) is 0 Å². The molecule has 2 fully saturated rings. The van der Waals surface area contributed by atoms with Gasteiger partial charge in [-0.05, 0) is 19.8 Å². The second kappa shape index (κ2) is 8.38. The number of piperidine rings is 1. The van der Waals surface area contributed by atoms with Crippen LogP contribution >= 0.6 is 11.8 Å². The summed E-state index contributed by atoms with van der Waals surface area (Å²) in [6.07, 6.45) is 5.68. The summed E-state index contributed by atoms with van der Waals surface area (Å²) in [4.78, 5) is 26.6. The van der Waals surface area contributed by atoms with E-state index in [1.54, 1.807) is 0 Å². The Morgan fingerprint density at radius 1 is 1.35 bits per heavy atom. The van der Waals surface area contributed by atoms with E-state index >= 15 is 0 Å². The maximum absolute atomic E-state index is 12.3. The summed E-state index contributed by atoms with van der Waals surface area (Å²) >= 11 is 1.91. The van der Waals surface area contributed by atoms with Crippen molar-refractivity contribution in [2.75, 3.05) is 18.8 Å². The molecule has 0 saturated carbocycles. The first-order chi connectivity index (χ1) is 11.0. The highest BCUT2D eigenvalue weighted by molar-refractivity contribution is 8.00. The summed E-state index contributed by atoms with van der Waals surface area (Å²) in [6, 6.07) is 0.270. The number of hydrogen-bond donors (Lipinski definition) is 2. The van der Waals surface area contributed by atoms with E-state index in [4.69, 9.17) is 0 Å². The first-order valence-corrected chi connectivity index (χ1v) is 10.1. The second-order valence-electron chi connectivity index (χ2n) is 6.95. The zero-order valence-electron chi connectivity index (χ0n) is 14.8. The Labute approximate surface area is 144 Å². The van der Waals surface area contributed by atoms with Gasteiger partial charge in [-0.15, -0.1) is 0 Å². The fourth-order valence-electron chi connectivity index (χ4n) is 3.25. The van der Waals surface area contributed by atoms with Crippen LogP contribution in [0, 0.1) is 0 Å². The highest BCUT2D eigenvalue weighted by atomic mass is 32.2. The van der Waals surface area contributed by atoms with Gasteiger partial charge < -0.3 is 15.5 Å². The molecule has 0 radical (unpaired) electrons. The number of rotatable bonds is 6. The van der Waals surface area contributed by atoms with Crippen LogP contribution in [0.25, 0.3) is 0 Å². The van der Waals surface area contributed by atoms with Crippen LogP contribution in [0.4, 0.5) is 0 Å². The van der Waals surface area contributed by atoms with Crippen molar-refractivity contribution in [3.05, 3.63) is 0 Å². The van der Waals surface area contributed by atoms with Crippen molar-refractivity contribution in [3.63, 3.8) is 0 Å². The van der Waals surface area contributed by atoms with E-state index < -0.39 is 0 Å². The molecular weight excluding hydrogens is 310 g/mol. The van der Waals surface area contributed by atoms with Gasteiger partial charge in [0.25, 0.3) is 5.91 Å². The Morgan fingerprint density at radius 2 is 2.04 bits per heavy atom. The van der Waals surface area contributed by atoms with Crippen molar-refractivity contribution in [3.8, 4) is 0 Å². The molecule has 132 valence electrons. The number of nitrogens with zero attached hydrogens (tertiary/aromatic N) is 1. The van der Waals surface area contributed by atoms with Crippen LogP contribution < -0.4 is 10.6 Å². The molecule has 0 aromatic carbocycles. The normalized spacial score (nSPS) is 24.7. The summed E-state index contributed by atoms with van der Waals surface area (Å²) in [5.41, 5.74) is 0. The lowest BCUT2D eigenvalue weighted by Crippen LogP contribution is -3.00. The third-order valence-electron chi connectivity index (χ3n) is 5.10. The number of carbonyl (C=O) groups excluding carboxylic acids is 2. The highest BCUT2D eigenvalue weighted by Crippen LogP contribution is 2.34. The third kappa shape index (κ3) is 4.86. The zero-order chi connectivity index (χ0) is 16.9. The number of likely N-dealkylation sites (tertiary alicyclic amines) is 1. The minimum Gasteiger partial charge on any atom is -0.348 e. The SMILES string of the molecule is CCCCC(=O)N1CCC2(CC1)[NH2+][C@H](C(=O)N[C@H](C)CC)CS2. The van der Waals surface area contributed by atoms with Crippen molar-refractivity contribution in [2.45, 2.75) is 76.3 Å². The topological polar surface area (TPSA) is 66.0 Å². The first kappa shape index (κ1) is 18.6. The van der Waals surface area contributed by atoms with Crippen LogP contribution in [0.1, 0.15) is 59.3 Å². The molecule has 3 N–H and O–H groups in total. The van der Waals surface area contributed by atoms with Crippen LogP contribution in [0.15, 0.2) is 0 Å². The van der Waals surface area contributed by atoms with Gasteiger partial charge in [-0.2, -0.15) is 0 Å². The quantitative estimate of drug-likeness (QED) is 0.759. The molecule has 2 amide bonds. The Morgan fingerprint density at radius 3 is 2.65 bits per heavy atom. The Balaban J connectivity index is 1.80. The summed E-state index contributed by atoms with van der Waals surface area (Å²) in [5, 5.41) is 5.36. The molecule has 0 aliphatic carbocycles. The molecule has 2 aliphatic heterocycles. The predicted octanol–water partition coefficient (Wildman–Crippen LogP) is 1.09. The number of amides is 2. The lowest BCUT2D eigenvalue weighted by molar-refractivity contribution is -0.714. The van der Waals surface area contributed by atoms with E-state index in [-0.39, 0.29) is 22.9 Å². The standard InChI is InChI=1S/C17H31N3O2S/c1-4-6-7-15(21)20-10-8-17(9-11-20)19-14(12-23-17)16(22)18-13(3)5-2/h13-14,19H,4-12H2,1-3H3,(H,18,22)/p+1/t13-,14+/m1/s1. The van der Waals surface area contributed by atoms with Gasteiger partial charge in [0.15, 0.2) is 6.04 Å². The van der Waals surface area contributed by atoms with Gasteiger partial charge in [0.2, 0.25) is 5.91 Å². The molecule has 1 spiro atoms. The van der Waals surface area contributed by atoms with Gasteiger partial charge >= 0.3 is 0 Å². The van der Waals surface area contributed by atoms with E-state index in [1.165, 1.54) is 0 Å². The average molecular weight is 343 g/mol. The second-order valence-corrected chi connectivity index (χ2v) is 8.39. The van der Waals surface area contributed by atoms with Gasteiger partial charge in [-0.25, -0.2) is 0 Å². The number of hydrogen-bond acceptors (Lipinski definition) is 3. The van der Waals surface area contributed by atoms with Crippen molar-refractivity contribution < 1.29 is 14.9 Å². The fraction of sp³-hybridized carbons (Fsp3) is 0.882. The van der Waals surface area contributed by atoms with Gasteiger partial charge in [-0.3, -0.25) is 9.59 Å². The molecular formula is C17H32N3O2S+. The van der Waals surface area contributed by atoms with E-state index in [0.717, 1.165) is 50.9 Å². The highest BCUT2D eigenvalue weighted by Gasteiger charge is 2.48. The van der Waals surface area contributed by atoms with E-state index in [1.807, 2.05) is 16.7 Å². The van der Waals surface area contributed by atoms with Gasteiger partial charge in [0, 0.05) is 38.4 Å². The molecule has 2 rings (SSSR count). The number of quaternary nitrogens is 1. The Kier molecular flexibility index (Phi) is 6.77. The smallest absolute Gasteiger partial charge is 0.279 e. The fourth-order valence-corrected chi connectivity index (χ4v) is 4.74. The van der Waals surface area contributed by atoms with Crippen molar-refractivity contribution in [1.29, 1.82) is 0 Å². The average Bonchev–Trinajstić information content (AvgIpc) is 2.97. The third-order valence-corrected chi connectivity index (χ3v) is 6.74. The van der Waals surface area contributed by atoms with Crippen LogP contribution in [-0.2, 0) is 9.59 Å². The molecule has 23 heavy (non-hydrogen) atoms. The minimum atomic E-state index is 0.0244. The van der Waals surface area contributed by atoms with Crippen molar-refractivity contribution >= 4 is 23.6 Å². The van der Waals surface area contributed by atoms with E-state index in [2.05, 4.69) is 31.4 Å². The first-order valence-electron chi connectivity index (χ1n) is 9.08. The molecule has 0 unspecified atom stereocenters. The molecule has 0 aromatic rings. The Hall–Kier alpha value is -0.750. The lowest BCUT2D eigenvalue weighted by atomic mass is 10.0. The number of unbranched alkanes of at least 4 members (excludes halogenated alkanes) is 1. The molecule has 2 heterocycles. The summed E-state index contributed by atoms with van der Waals surface area (Å²) in [6.45, 7) is 7.94. The summed E-state index contributed by atoms with van der Waals surface area (Å²) in [7, 11) is 0. The molecule has 0 bridgehead atoms. The maximum atomic E-state index is 12.3. The summed E-state index contributed by atoms with van der Waals surface area (Å²) < 4.78 is 0. The number of thioether (sulfide) groups is 1. The predicted molar refractivity (Wildman–Crippen MR) is 94.1 cm³/mol. The summed E-state index contributed by atoms with van der Waals surface area (Å²) in [5.74, 6) is 1.35. The molecule has 2 saturated heterocycles. The number of carbonyl (C=O) groups is 2. The van der Waals surface area contributed by atoms with Gasteiger partial charge in [0.05, 0.1) is 5.75 Å². The van der Waals surface area contributed by atoms with Crippen molar-refractivity contribution in [1.82, 2.24) is 10.2 Å². The van der Waals surface area contributed by atoms with Gasteiger partial charge in [0.1, 0.15) is 4.87 Å². The molecule has 2 aliphatic rings. The molecule has 5 nitrogen and oxygen atoms in total.